The molecule has 0 unspecified atom stereocenters. The third-order valence-corrected chi connectivity index (χ3v) is 6.49. The molecule has 4 rings (SSSR count). The van der Waals surface area contributed by atoms with E-state index in [4.69, 9.17) is 9.72 Å². The molecule has 1 aromatic carbocycles. The summed E-state index contributed by atoms with van der Waals surface area (Å²) in [6, 6.07) is 6.10. The molecule has 0 radical (unpaired) electrons. The zero-order valence-corrected chi connectivity index (χ0v) is 20.5. The first-order chi connectivity index (χ1) is 16.3. The Morgan fingerprint density at radius 3 is 2.53 bits per heavy atom. The molecule has 0 bridgehead atoms. The van der Waals surface area contributed by atoms with Crippen LogP contribution in [0.2, 0.25) is 0 Å². The van der Waals surface area contributed by atoms with Crippen molar-refractivity contribution in [1.29, 1.82) is 0 Å². The number of rotatable bonds is 7. The van der Waals surface area contributed by atoms with Gasteiger partial charge >= 0.3 is 5.69 Å². The van der Waals surface area contributed by atoms with Crippen LogP contribution in [0.15, 0.2) is 27.8 Å². The minimum absolute atomic E-state index is 0.0754. The number of ether oxygens (including phenoxy) is 1. The Labute approximate surface area is 199 Å². The standard InChI is InChI=1S/C25H35N5O4/c1-16(2)19-10-9-17(3)13-20(19)34-15-18(31)14-30-21-22(28(4)25(33)27-23(21)32)26-24(30)29-11-7-5-6-8-12-29/h9-10,13,16,18,31H,5-8,11-12,14-15H2,1-4H3,(H,27,32,33)/t18-/m1/s1. The van der Waals surface area contributed by atoms with Gasteiger partial charge in [-0.25, -0.2) is 4.79 Å². The third-order valence-electron chi connectivity index (χ3n) is 6.49. The summed E-state index contributed by atoms with van der Waals surface area (Å²) in [7, 11) is 1.59. The average Bonchev–Trinajstić information content (AvgIpc) is 2.96. The van der Waals surface area contributed by atoms with Gasteiger partial charge < -0.3 is 19.3 Å². The predicted molar refractivity (Wildman–Crippen MR) is 133 cm³/mol. The van der Waals surface area contributed by atoms with Crippen molar-refractivity contribution >= 4 is 17.1 Å². The Morgan fingerprint density at radius 1 is 1.15 bits per heavy atom. The molecule has 0 spiro atoms. The number of anilines is 1. The van der Waals surface area contributed by atoms with Gasteiger partial charge in [0.15, 0.2) is 11.2 Å². The van der Waals surface area contributed by atoms with Crippen LogP contribution in [0.3, 0.4) is 0 Å². The highest BCUT2D eigenvalue weighted by atomic mass is 16.5. The van der Waals surface area contributed by atoms with Gasteiger partial charge in [0.05, 0.1) is 6.54 Å². The maximum atomic E-state index is 12.8. The molecule has 0 amide bonds. The number of aromatic amines is 1. The number of hydrogen-bond acceptors (Lipinski definition) is 6. The summed E-state index contributed by atoms with van der Waals surface area (Å²) < 4.78 is 9.13. The van der Waals surface area contributed by atoms with Gasteiger partial charge in [0.2, 0.25) is 5.95 Å². The van der Waals surface area contributed by atoms with Crippen molar-refractivity contribution in [3.05, 3.63) is 50.2 Å². The van der Waals surface area contributed by atoms with Crippen molar-refractivity contribution in [2.24, 2.45) is 7.05 Å². The number of benzene rings is 1. The second kappa shape index (κ2) is 10.0. The molecule has 1 fully saturated rings. The number of aryl methyl sites for hydroxylation is 2. The van der Waals surface area contributed by atoms with Crippen LogP contribution in [0.1, 0.15) is 56.6 Å². The second-order valence-electron chi connectivity index (χ2n) is 9.57. The molecule has 3 heterocycles. The van der Waals surface area contributed by atoms with E-state index in [1.54, 1.807) is 11.6 Å². The molecule has 2 N–H and O–H groups in total. The van der Waals surface area contributed by atoms with E-state index in [1.165, 1.54) is 4.57 Å². The van der Waals surface area contributed by atoms with Gasteiger partial charge in [-0.3, -0.25) is 14.3 Å². The molecule has 1 atom stereocenters. The highest BCUT2D eigenvalue weighted by Crippen LogP contribution is 2.28. The van der Waals surface area contributed by atoms with Crippen LogP contribution in [-0.4, -0.2) is 50.0 Å². The van der Waals surface area contributed by atoms with Gasteiger partial charge in [-0.05, 0) is 42.9 Å². The maximum absolute atomic E-state index is 12.8. The molecule has 9 heteroatoms. The number of aliphatic hydroxyl groups is 1. The minimum Gasteiger partial charge on any atom is -0.491 e. The predicted octanol–water partition coefficient (Wildman–Crippen LogP) is 2.68. The van der Waals surface area contributed by atoms with Gasteiger partial charge in [-0.1, -0.05) is 38.8 Å². The fraction of sp³-hybridized carbons (Fsp3) is 0.560. The quantitative estimate of drug-likeness (QED) is 0.551. The van der Waals surface area contributed by atoms with Crippen LogP contribution < -0.4 is 20.9 Å². The number of hydrogen-bond donors (Lipinski definition) is 2. The smallest absolute Gasteiger partial charge is 0.329 e. The van der Waals surface area contributed by atoms with Gasteiger partial charge in [0.1, 0.15) is 18.5 Å². The van der Waals surface area contributed by atoms with Crippen LogP contribution in [0.5, 0.6) is 5.75 Å². The van der Waals surface area contributed by atoms with Crippen molar-refractivity contribution < 1.29 is 9.84 Å². The Hall–Kier alpha value is -3.07. The lowest BCUT2D eigenvalue weighted by atomic mass is 10.0. The van der Waals surface area contributed by atoms with Crippen LogP contribution in [-0.2, 0) is 13.6 Å². The number of H-pyrrole nitrogens is 1. The molecule has 1 aliphatic rings. The van der Waals surface area contributed by atoms with Gasteiger partial charge in [0, 0.05) is 20.1 Å². The Kier molecular flexibility index (Phi) is 7.11. The molecule has 3 aromatic rings. The fourth-order valence-electron chi connectivity index (χ4n) is 4.60. The highest BCUT2D eigenvalue weighted by molar-refractivity contribution is 5.74. The highest BCUT2D eigenvalue weighted by Gasteiger charge is 2.24. The molecule has 2 aromatic heterocycles. The fourth-order valence-corrected chi connectivity index (χ4v) is 4.60. The van der Waals surface area contributed by atoms with E-state index in [0.29, 0.717) is 23.0 Å². The zero-order valence-electron chi connectivity index (χ0n) is 20.5. The Morgan fingerprint density at radius 2 is 1.85 bits per heavy atom. The molecular formula is C25H35N5O4. The molecule has 184 valence electrons. The van der Waals surface area contributed by atoms with Crippen molar-refractivity contribution in [2.45, 2.75) is 65.0 Å². The zero-order chi connectivity index (χ0) is 24.4. The van der Waals surface area contributed by atoms with Crippen molar-refractivity contribution in [1.82, 2.24) is 19.1 Å². The summed E-state index contributed by atoms with van der Waals surface area (Å²) in [6.07, 6.45) is 3.51. The first-order valence-corrected chi connectivity index (χ1v) is 12.1. The first-order valence-electron chi connectivity index (χ1n) is 12.1. The van der Waals surface area contributed by atoms with E-state index in [0.717, 1.165) is 55.6 Å². The van der Waals surface area contributed by atoms with Crippen molar-refractivity contribution in [3.63, 3.8) is 0 Å². The summed E-state index contributed by atoms with van der Waals surface area (Å²) in [5.41, 5.74) is 1.78. The Bertz CT molecular complexity index is 1260. The van der Waals surface area contributed by atoms with E-state index < -0.39 is 17.4 Å². The van der Waals surface area contributed by atoms with Gasteiger partial charge in [-0.15, -0.1) is 0 Å². The van der Waals surface area contributed by atoms with Gasteiger partial charge in [-0.2, -0.15) is 4.98 Å². The maximum Gasteiger partial charge on any atom is 0.329 e. The number of aliphatic hydroxyl groups excluding tert-OH is 1. The first kappa shape index (κ1) is 24.1. The van der Waals surface area contributed by atoms with Crippen molar-refractivity contribution in [2.75, 3.05) is 24.6 Å². The van der Waals surface area contributed by atoms with Crippen LogP contribution in [0.25, 0.3) is 11.2 Å². The van der Waals surface area contributed by atoms with E-state index in [9.17, 15) is 14.7 Å². The summed E-state index contributed by atoms with van der Waals surface area (Å²) >= 11 is 0. The van der Waals surface area contributed by atoms with Crippen LogP contribution >= 0.6 is 0 Å². The van der Waals surface area contributed by atoms with E-state index in [1.807, 2.05) is 13.0 Å². The molecule has 0 saturated carbocycles. The minimum atomic E-state index is -0.875. The number of fused-ring (bicyclic) bond motifs is 1. The molecule has 1 aliphatic heterocycles. The topological polar surface area (TPSA) is 105 Å². The molecule has 9 nitrogen and oxygen atoms in total. The lowest BCUT2D eigenvalue weighted by Gasteiger charge is -2.24. The van der Waals surface area contributed by atoms with E-state index in [-0.39, 0.29) is 13.2 Å². The largest absolute Gasteiger partial charge is 0.491 e. The van der Waals surface area contributed by atoms with E-state index >= 15 is 0 Å². The monoisotopic (exact) mass is 469 g/mol. The number of nitrogens with one attached hydrogen (secondary N) is 1. The SMILES string of the molecule is Cc1ccc(C(C)C)c(OC[C@H](O)Cn2c(N3CCCCCC3)nc3c2c(=O)[nH]c(=O)n3C)c1. The lowest BCUT2D eigenvalue weighted by Crippen LogP contribution is -2.32. The summed E-state index contributed by atoms with van der Waals surface area (Å²) in [6.45, 7) is 8.07. The average molecular weight is 470 g/mol. The van der Waals surface area contributed by atoms with Crippen LogP contribution in [0.4, 0.5) is 5.95 Å². The molecule has 1 saturated heterocycles. The normalized spacial score (nSPS) is 15.6. The summed E-state index contributed by atoms with van der Waals surface area (Å²) in [5, 5.41) is 11.0. The molecule has 34 heavy (non-hydrogen) atoms. The lowest BCUT2D eigenvalue weighted by molar-refractivity contribution is 0.0930. The summed E-state index contributed by atoms with van der Waals surface area (Å²) in [5.74, 6) is 1.67. The van der Waals surface area contributed by atoms with E-state index in [2.05, 4.69) is 35.9 Å². The van der Waals surface area contributed by atoms with Gasteiger partial charge in [0.25, 0.3) is 5.56 Å². The second-order valence-corrected chi connectivity index (χ2v) is 9.57. The van der Waals surface area contributed by atoms with Crippen LogP contribution in [0, 0.1) is 6.92 Å². The molecular weight excluding hydrogens is 434 g/mol. The summed E-state index contributed by atoms with van der Waals surface area (Å²) in [4.78, 5) is 34.2. The number of nitrogens with zero attached hydrogens (tertiary/aromatic N) is 4. The Balaban J connectivity index is 1.66. The number of imidazole rings is 1. The third kappa shape index (κ3) is 4.89. The number of aromatic nitrogens is 4. The molecule has 0 aliphatic carbocycles. The van der Waals surface area contributed by atoms with Crippen molar-refractivity contribution in [3.8, 4) is 5.75 Å².